The van der Waals surface area contributed by atoms with E-state index in [9.17, 15) is 0 Å². The molecule has 2 atom stereocenters. The Balaban J connectivity index is 2.88. The second kappa shape index (κ2) is 2.44. The van der Waals surface area contributed by atoms with Gasteiger partial charge in [-0.15, -0.1) is 0 Å². The molecule has 0 aliphatic heterocycles. The maximum atomic E-state index is 9.10. The van der Waals surface area contributed by atoms with E-state index in [1.165, 1.54) is 12.2 Å². The molecule has 0 amide bonds. The quantitative estimate of drug-likeness (QED) is 0.450. The lowest BCUT2D eigenvalue weighted by atomic mass is 10.00. The van der Waals surface area contributed by atoms with E-state index in [4.69, 9.17) is 15.3 Å². The van der Waals surface area contributed by atoms with Gasteiger partial charge in [0.1, 0.15) is 18.0 Å². The molecule has 3 heteroatoms. The molecule has 0 radical (unpaired) electrons. The summed E-state index contributed by atoms with van der Waals surface area (Å²) in [6.07, 6.45) is 0.903. The molecule has 3 nitrogen and oxygen atoms in total. The average Bonchev–Trinajstić information content (AvgIpc) is 1.93. The van der Waals surface area contributed by atoms with E-state index in [-0.39, 0.29) is 5.76 Å². The van der Waals surface area contributed by atoms with Crippen LogP contribution in [-0.2, 0) is 0 Å². The fourth-order valence-corrected chi connectivity index (χ4v) is 0.834. The summed E-state index contributed by atoms with van der Waals surface area (Å²) in [7, 11) is 0. The van der Waals surface area contributed by atoms with Crippen LogP contribution in [0.25, 0.3) is 0 Å². The molecular weight excluding hydrogens is 132 g/mol. The van der Waals surface area contributed by atoms with Crippen LogP contribution in [0.3, 0.4) is 0 Å². The zero-order valence-electron chi connectivity index (χ0n) is 5.65. The first kappa shape index (κ1) is 7.31. The first-order valence-electron chi connectivity index (χ1n) is 3.07. The Hall–Kier alpha value is -0.800. The third-order valence-corrected chi connectivity index (χ3v) is 1.62. The Labute approximate surface area is 58.9 Å². The maximum Gasteiger partial charge on any atom is 0.116 e. The van der Waals surface area contributed by atoms with Gasteiger partial charge in [0.25, 0.3) is 0 Å². The minimum atomic E-state index is -0.954. The predicted molar refractivity (Wildman–Crippen MR) is 36.5 cm³/mol. The molecule has 0 aromatic rings. The molecule has 56 valence electrons. The molecule has 0 saturated heterocycles. The lowest BCUT2D eigenvalue weighted by Crippen LogP contribution is -2.28. The Morgan fingerprint density at radius 1 is 1.40 bits per heavy atom. The van der Waals surface area contributed by atoms with Crippen LogP contribution in [0.4, 0.5) is 0 Å². The lowest BCUT2D eigenvalue weighted by Gasteiger charge is -2.19. The van der Waals surface area contributed by atoms with Crippen LogP contribution >= 0.6 is 0 Å². The molecular formula is C7H10O3. The van der Waals surface area contributed by atoms with Gasteiger partial charge in [-0.1, -0.05) is 0 Å². The summed E-state index contributed by atoms with van der Waals surface area (Å²) in [6.45, 7) is 1.58. The smallest absolute Gasteiger partial charge is 0.116 e. The number of aliphatic hydroxyl groups is 3. The highest BCUT2D eigenvalue weighted by Crippen LogP contribution is 2.16. The third kappa shape index (κ3) is 1.05. The van der Waals surface area contributed by atoms with Crippen LogP contribution in [0.1, 0.15) is 6.92 Å². The average molecular weight is 142 g/mol. The van der Waals surface area contributed by atoms with E-state index >= 15 is 0 Å². The third-order valence-electron chi connectivity index (χ3n) is 1.62. The number of rotatable bonds is 0. The van der Waals surface area contributed by atoms with Crippen molar-refractivity contribution in [2.45, 2.75) is 19.1 Å². The zero-order valence-corrected chi connectivity index (χ0v) is 5.65. The summed E-state index contributed by atoms with van der Waals surface area (Å²) in [5, 5.41) is 27.1. The van der Waals surface area contributed by atoms with Crippen molar-refractivity contribution in [3.8, 4) is 0 Å². The van der Waals surface area contributed by atoms with Gasteiger partial charge in [-0.2, -0.15) is 0 Å². The molecule has 0 spiro atoms. The van der Waals surface area contributed by atoms with Gasteiger partial charge in [0.05, 0.1) is 0 Å². The fraction of sp³-hybridized carbons (Fsp3) is 0.429. The van der Waals surface area contributed by atoms with E-state index < -0.39 is 12.2 Å². The molecule has 0 aromatic heterocycles. The summed E-state index contributed by atoms with van der Waals surface area (Å²) in [5.41, 5.74) is 0.412. The Morgan fingerprint density at radius 2 is 2.00 bits per heavy atom. The monoisotopic (exact) mass is 142 g/mol. The highest BCUT2D eigenvalue weighted by atomic mass is 16.3. The molecule has 0 fully saturated rings. The van der Waals surface area contributed by atoms with Crippen molar-refractivity contribution in [1.82, 2.24) is 0 Å². The first-order valence-corrected chi connectivity index (χ1v) is 3.07. The second-order valence-electron chi connectivity index (χ2n) is 2.36. The van der Waals surface area contributed by atoms with Crippen LogP contribution in [0.15, 0.2) is 23.5 Å². The molecule has 3 N–H and O–H groups in total. The highest BCUT2D eigenvalue weighted by molar-refractivity contribution is 5.28. The van der Waals surface area contributed by atoms with Crippen LogP contribution in [0.2, 0.25) is 0 Å². The van der Waals surface area contributed by atoms with Gasteiger partial charge in [-0.25, -0.2) is 0 Å². The van der Waals surface area contributed by atoms with Crippen molar-refractivity contribution >= 4 is 0 Å². The van der Waals surface area contributed by atoms with Crippen LogP contribution < -0.4 is 0 Å². The van der Waals surface area contributed by atoms with Gasteiger partial charge in [0.15, 0.2) is 0 Å². The van der Waals surface area contributed by atoms with E-state index in [0.717, 1.165) is 0 Å². The Morgan fingerprint density at radius 3 is 2.50 bits per heavy atom. The molecule has 0 saturated carbocycles. The number of allylic oxidation sites excluding steroid dienone is 1. The number of hydrogen-bond donors (Lipinski definition) is 3. The van der Waals surface area contributed by atoms with Crippen LogP contribution in [0.5, 0.6) is 0 Å². The molecule has 0 bridgehead atoms. The van der Waals surface area contributed by atoms with Gasteiger partial charge in [0.2, 0.25) is 0 Å². The van der Waals surface area contributed by atoms with Gasteiger partial charge in [-0.05, 0) is 24.6 Å². The standard InChI is InChI=1S/C7H10O3/c1-4-5(8)2-3-6(9)7(4)10/h2-3,6-10H,1H3/t6-,7+/m0/s1. The zero-order chi connectivity index (χ0) is 7.72. The van der Waals surface area contributed by atoms with Gasteiger partial charge in [0, 0.05) is 0 Å². The summed E-state index contributed by atoms with van der Waals surface area (Å²) in [6, 6.07) is 0. The van der Waals surface area contributed by atoms with Crippen molar-refractivity contribution < 1.29 is 15.3 Å². The molecule has 1 aliphatic carbocycles. The Bertz CT molecular complexity index is 193. The number of hydrogen-bond acceptors (Lipinski definition) is 3. The van der Waals surface area contributed by atoms with E-state index in [2.05, 4.69) is 0 Å². The highest BCUT2D eigenvalue weighted by Gasteiger charge is 2.20. The van der Waals surface area contributed by atoms with E-state index in [1.807, 2.05) is 0 Å². The fourth-order valence-electron chi connectivity index (χ4n) is 0.834. The molecule has 10 heavy (non-hydrogen) atoms. The van der Waals surface area contributed by atoms with E-state index in [1.54, 1.807) is 6.92 Å². The summed E-state index contributed by atoms with van der Waals surface area (Å²) < 4.78 is 0. The normalized spacial score (nSPS) is 33.1. The second-order valence-corrected chi connectivity index (χ2v) is 2.36. The summed E-state index contributed by atoms with van der Waals surface area (Å²) >= 11 is 0. The SMILES string of the molecule is CC1=C(O)C=C[C@H](O)[C@@H]1O. The molecule has 0 heterocycles. The molecule has 0 unspecified atom stereocenters. The van der Waals surface area contributed by atoms with Crippen LogP contribution in [-0.4, -0.2) is 27.5 Å². The topological polar surface area (TPSA) is 60.7 Å². The van der Waals surface area contributed by atoms with Gasteiger partial charge >= 0.3 is 0 Å². The van der Waals surface area contributed by atoms with Crippen molar-refractivity contribution in [2.75, 3.05) is 0 Å². The minimum absolute atomic E-state index is 0.0396. The van der Waals surface area contributed by atoms with E-state index in [0.29, 0.717) is 5.57 Å². The van der Waals surface area contributed by atoms with Crippen LogP contribution in [0, 0.1) is 0 Å². The summed E-state index contributed by atoms with van der Waals surface area (Å²) in [5.74, 6) is 0.0396. The molecule has 0 aromatic carbocycles. The van der Waals surface area contributed by atoms with Gasteiger partial charge in [-0.3, -0.25) is 0 Å². The predicted octanol–water partition coefficient (Wildman–Crippen LogP) is 0.110. The first-order chi connectivity index (χ1) is 4.63. The number of aliphatic hydroxyl groups excluding tert-OH is 3. The largest absolute Gasteiger partial charge is 0.508 e. The molecule has 1 rings (SSSR count). The van der Waals surface area contributed by atoms with Crippen molar-refractivity contribution in [1.29, 1.82) is 0 Å². The maximum absolute atomic E-state index is 9.10. The van der Waals surface area contributed by atoms with Crippen molar-refractivity contribution in [2.24, 2.45) is 0 Å². The minimum Gasteiger partial charge on any atom is -0.508 e. The summed E-state index contributed by atoms with van der Waals surface area (Å²) in [4.78, 5) is 0. The molecule has 1 aliphatic rings. The van der Waals surface area contributed by atoms with Crippen molar-refractivity contribution in [3.63, 3.8) is 0 Å². The lowest BCUT2D eigenvalue weighted by molar-refractivity contribution is 0.0675. The Kier molecular flexibility index (Phi) is 1.78. The van der Waals surface area contributed by atoms with Crippen molar-refractivity contribution in [3.05, 3.63) is 23.5 Å². The van der Waals surface area contributed by atoms with Gasteiger partial charge < -0.3 is 15.3 Å².